The molecule has 3 rings (SSSR count). The monoisotopic (exact) mass is 320 g/mol. The van der Waals surface area contributed by atoms with Crippen LogP contribution < -0.4 is 10.1 Å². The lowest BCUT2D eigenvalue weighted by atomic mass is 10.2. The zero-order valence-corrected chi connectivity index (χ0v) is 13.0. The highest BCUT2D eigenvalue weighted by molar-refractivity contribution is 6.29. The Kier molecular flexibility index (Phi) is 4.70. The van der Waals surface area contributed by atoms with Crippen LogP contribution in [0.3, 0.4) is 0 Å². The number of nitrogens with zero attached hydrogens (tertiary/aromatic N) is 3. The van der Waals surface area contributed by atoms with E-state index in [1.165, 1.54) is 0 Å². The van der Waals surface area contributed by atoms with Gasteiger partial charge in [0.25, 0.3) is 0 Å². The molecule has 3 heterocycles. The van der Waals surface area contributed by atoms with Crippen molar-refractivity contribution in [2.45, 2.75) is 26.0 Å². The molecule has 6 nitrogen and oxygen atoms in total. The highest BCUT2D eigenvalue weighted by atomic mass is 35.5. The third kappa shape index (κ3) is 4.05. The molecule has 7 heteroatoms. The highest BCUT2D eigenvalue weighted by Crippen LogP contribution is 2.17. The van der Waals surface area contributed by atoms with E-state index in [2.05, 4.69) is 20.3 Å². The summed E-state index contributed by atoms with van der Waals surface area (Å²) in [6.07, 6.45) is 2.74. The predicted molar refractivity (Wildman–Crippen MR) is 83.2 cm³/mol. The second-order valence-electron chi connectivity index (χ2n) is 5.08. The van der Waals surface area contributed by atoms with Gasteiger partial charge in [-0.1, -0.05) is 11.6 Å². The first kappa shape index (κ1) is 15.0. The maximum Gasteiger partial charge on any atom is 0.213 e. The Hall–Kier alpha value is -1.92. The molecule has 1 aliphatic rings. The molecule has 1 fully saturated rings. The summed E-state index contributed by atoms with van der Waals surface area (Å²) in [7, 11) is 0. The van der Waals surface area contributed by atoms with Crippen molar-refractivity contribution in [3.8, 4) is 5.88 Å². The number of hydrogen-bond donors (Lipinski definition) is 1. The average molecular weight is 321 g/mol. The third-order valence-electron chi connectivity index (χ3n) is 3.25. The second-order valence-corrected chi connectivity index (χ2v) is 5.47. The Bertz CT molecular complexity index is 627. The van der Waals surface area contributed by atoms with Gasteiger partial charge in [-0.3, -0.25) is 0 Å². The molecule has 0 saturated carbocycles. The average Bonchev–Trinajstić information content (AvgIpc) is 2.97. The van der Waals surface area contributed by atoms with Crippen molar-refractivity contribution in [1.29, 1.82) is 0 Å². The number of nitrogens with one attached hydrogen (secondary N) is 1. The molecule has 0 amide bonds. The van der Waals surface area contributed by atoms with Crippen LogP contribution in [0, 0.1) is 6.92 Å². The van der Waals surface area contributed by atoms with Crippen molar-refractivity contribution >= 4 is 17.4 Å². The van der Waals surface area contributed by atoms with E-state index >= 15 is 0 Å². The lowest BCUT2D eigenvalue weighted by molar-refractivity contribution is 0.138. The number of halogens is 1. The van der Waals surface area contributed by atoms with E-state index < -0.39 is 0 Å². The Morgan fingerprint density at radius 1 is 1.41 bits per heavy atom. The van der Waals surface area contributed by atoms with E-state index in [9.17, 15) is 0 Å². The summed E-state index contributed by atoms with van der Waals surface area (Å²) in [6, 6.07) is 5.55. The van der Waals surface area contributed by atoms with Crippen molar-refractivity contribution < 1.29 is 9.47 Å². The zero-order valence-electron chi connectivity index (χ0n) is 12.3. The van der Waals surface area contributed by atoms with Crippen LogP contribution >= 0.6 is 11.6 Å². The molecule has 0 bridgehead atoms. The van der Waals surface area contributed by atoms with Gasteiger partial charge < -0.3 is 14.8 Å². The fraction of sp³-hybridized carbons (Fsp3) is 0.400. The molecule has 0 aliphatic carbocycles. The first-order chi connectivity index (χ1) is 10.7. The van der Waals surface area contributed by atoms with Crippen LogP contribution in [0.1, 0.15) is 17.8 Å². The first-order valence-electron chi connectivity index (χ1n) is 7.13. The van der Waals surface area contributed by atoms with Crippen LogP contribution in [0.4, 0.5) is 5.82 Å². The quantitative estimate of drug-likeness (QED) is 0.854. The Morgan fingerprint density at radius 2 is 2.32 bits per heavy atom. The van der Waals surface area contributed by atoms with Gasteiger partial charge in [0.1, 0.15) is 22.9 Å². The van der Waals surface area contributed by atoms with Crippen molar-refractivity contribution in [2.75, 3.05) is 18.5 Å². The van der Waals surface area contributed by atoms with Crippen molar-refractivity contribution in [2.24, 2.45) is 0 Å². The van der Waals surface area contributed by atoms with E-state index in [4.69, 9.17) is 21.1 Å². The number of aromatic nitrogens is 3. The highest BCUT2D eigenvalue weighted by Gasteiger charge is 2.17. The van der Waals surface area contributed by atoms with E-state index in [0.717, 1.165) is 18.6 Å². The van der Waals surface area contributed by atoms with Crippen molar-refractivity contribution in [3.05, 3.63) is 40.9 Å². The zero-order chi connectivity index (χ0) is 15.4. The van der Waals surface area contributed by atoms with E-state index in [-0.39, 0.29) is 6.10 Å². The summed E-state index contributed by atoms with van der Waals surface area (Å²) < 4.78 is 11.1. The molecule has 0 radical (unpaired) electrons. The minimum Gasteiger partial charge on any atom is -0.472 e. The van der Waals surface area contributed by atoms with Crippen LogP contribution in [0.15, 0.2) is 24.4 Å². The molecule has 1 aliphatic heterocycles. The molecule has 1 unspecified atom stereocenters. The summed E-state index contributed by atoms with van der Waals surface area (Å²) in [5.74, 6) is 1.95. The SMILES string of the molecule is Cc1nc(Cl)cc(NCc2ccnc(OC3CCOC3)c2)n1. The minimum atomic E-state index is 0.0963. The molecule has 1 N–H and O–H groups in total. The molecule has 116 valence electrons. The second kappa shape index (κ2) is 6.89. The van der Waals surface area contributed by atoms with Crippen LogP contribution in [0.25, 0.3) is 0 Å². The maximum absolute atomic E-state index is 5.92. The molecule has 0 aromatic carbocycles. The minimum absolute atomic E-state index is 0.0963. The normalized spacial score (nSPS) is 17.5. The van der Waals surface area contributed by atoms with Crippen LogP contribution in [0.5, 0.6) is 5.88 Å². The first-order valence-corrected chi connectivity index (χ1v) is 7.51. The van der Waals surface area contributed by atoms with Crippen LogP contribution in [-0.4, -0.2) is 34.3 Å². The van der Waals surface area contributed by atoms with Gasteiger partial charge in [-0.25, -0.2) is 15.0 Å². The van der Waals surface area contributed by atoms with Gasteiger partial charge in [0.2, 0.25) is 5.88 Å². The lowest BCUT2D eigenvalue weighted by Crippen LogP contribution is -2.16. The number of pyridine rings is 1. The number of rotatable bonds is 5. The molecule has 22 heavy (non-hydrogen) atoms. The fourth-order valence-electron chi connectivity index (χ4n) is 2.22. The number of aryl methyl sites for hydroxylation is 1. The largest absolute Gasteiger partial charge is 0.472 e. The molecule has 1 atom stereocenters. The predicted octanol–water partition coefficient (Wildman–Crippen LogP) is 2.61. The van der Waals surface area contributed by atoms with Gasteiger partial charge in [0.05, 0.1) is 13.2 Å². The Balaban J connectivity index is 1.62. The summed E-state index contributed by atoms with van der Waals surface area (Å²) >= 11 is 5.92. The lowest BCUT2D eigenvalue weighted by Gasteiger charge is -2.12. The van der Waals surface area contributed by atoms with Crippen molar-refractivity contribution in [3.63, 3.8) is 0 Å². The van der Waals surface area contributed by atoms with Gasteiger partial charge in [0.15, 0.2) is 0 Å². The standard InChI is InChI=1S/C15H17ClN4O2/c1-10-19-13(16)7-14(20-10)18-8-11-2-4-17-15(6-11)22-12-3-5-21-9-12/h2,4,6-7,12H,3,5,8-9H2,1H3,(H,18,19,20). The topological polar surface area (TPSA) is 69.2 Å². The van der Waals surface area contributed by atoms with Gasteiger partial charge in [0, 0.05) is 31.3 Å². The fourth-order valence-corrected chi connectivity index (χ4v) is 2.44. The van der Waals surface area contributed by atoms with Gasteiger partial charge in [-0.2, -0.15) is 0 Å². The van der Waals surface area contributed by atoms with E-state index in [1.54, 1.807) is 19.2 Å². The van der Waals surface area contributed by atoms with Crippen LogP contribution in [0.2, 0.25) is 5.15 Å². The summed E-state index contributed by atoms with van der Waals surface area (Å²) in [6.45, 7) is 3.79. The maximum atomic E-state index is 5.92. The number of anilines is 1. The van der Waals surface area contributed by atoms with E-state index in [0.29, 0.717) is 35.8 Å². The number of ether oxygens (including phenoxy) is 2. The smallest absolute Gasteiger partial charge is 0.213 e. The molecule has 1 saturated heterocycles. The van der Waals surface area contributed by atoms with Gasteiger partial charge >= 0.3 is 0 Å². The summed E-state index contributed by atoms with van der Waals surface area (Å²) in [5, 5.41) is 3.65. The van der Waals surface area contributed by atoms with Crippen molar-refractivity contribution in [1.82, 2.24) is 15.0 Å². The summed E-state index contributed by atoms with van der Waals surface area (Å²) in [4.78, 5) is 12.6. The summed E-state index contributed by atoms with van der Waals surface area (Å²) in [5.41, 5.74) is 1.05. The number of hydrogen-bond acceptors (Lipinski definition) is 6. The van der Waals surface area contributed by atoms with Crippen LogP contribution in [-0.2, 0) is 11.3 Å². The Labute approximate surface area is 133 Å². The molecule has 0 spiro atoms. The Morgan fingerprint density at radius 3 is 3.09 bits per heavy atom. The van der Waals surface area contributed by atoms with E-state index in [1.807, 2.05) is 12.1 Å². The molecule has 2 aromatic heterocycles. The molecule has 2 aromatic rings. The van der Waals surface area contributed by atoms with Gasteiger partial charge in [-0.05, 0) is 18.6 Å². The van der Waals surface area contributed by atoms with Gasteiger partial charge in [-0.15, -0.1) is 0 Å². The molecular formula is C15H17ClN4O2. The molecular weight excluding hydrogens is 304 g/mol. The third-order valence-corrected chi connectivity index (χ3v) is 3.45.